The third-order valence-electron chi connectivity index (χ3n) is 3.76. The minimum atomic E-state index is 0.0660. The Morgan fingerprint density at radius 3 is 2.60 bits per heavy atom. The van der Waals surface area contributed by atoms with Crippen molar-refractivity contribution in [1.82, 2.24) is 9.88 Å². The van der Waals surface area contributed by atoms with Gasteiger partial charge in [-0.2, -0.15) is 0 Å². The average molecular weight is 394 g/mol. The monoisotopic (exact) mass is 393 g/mol. The van der Waals surface area contributed by atoms with Gasteiger partial charge in [-0.1, -0.05) is 35.1 Å². The van der Waals surface area contributed by atoms with Crippen LogP contribution in [0, 0.1) is 0 Å². The van der Waals surface area contributed by atoms with Crippen molar-refractivity contribution < 1.29 is 4.79 Å². The van der Waals surface area contributed by atoms with Crippen LogP contribution in [0.5, 0.6) is 0 Å². The predicted octanol–water partition coefficient (Wildman–Crippen LogP) is 4.54. The van der Waals surface area contributed by atoms with Crippen molar-refractivity contribution in [3.63, 3.8) is 0 Å². The maximum absolute atomic E-state index is 12.9. The Hall–Kier alpha value is -1.47. The topological polar surface area (TPSA) is 36.4 Å². The molecule has 3 aromatic rings. The molecule has 0 fully saturated rings. The van der Waals surface area contributed by atoms with Gasteiger partial charge in [-0.15, -0.1) is 11.3 Å². The lowest BCUT2D eigenvalue weighted by atomic mass is 10.3. The van der Waals surface area contributed by atoms with Crippen molar-refractivity contribution >= 4 is 55.5 Å². The molecule has 0 aliphatic rings. The molecule has 1 amide bonds. The van der Waals surface area contributed by atoms with Gasteiger partial charge in [-0.05, 0) is 51.3 Å². The second-order valence-electron chi connectivity index (χ2n) is 6.05. The van der Waals surface area contributed by atoms with Crippen molar-refractivity contribution in [1.29, 1.82) is 0 Å². The number of anilines is 1. The molecule has 0 N–H and O–H groups in total. The number of thiophene rings is 1. The summed E-state index contributed by atoms with van der Waals surface area (Å²) < 4.78 is 1.81. The van der Waals surface area contributed by atoms with Crippen LogP contribution < -0.4 is 4.90 Å². The van der Waals surface area contributed by atoms with Crippen LogP contribution in [0.3, 0.4) is 0 Å². The zero-order valence-electron chi connectivity index (χ0n) is 14.2. The Morgan fingerprint density at radius 2 is 1.92 bits per heavy atom. The summed E-state index contributed by atoms with van der Waals surface area (Å²) in [4.78, 5) is 22.5. The van der Waals surface area contributed by atoms with Crippen LogP contribution in [0.2, 0.25) is 4.34 Å². The van der Waals surface area contributed by atoms with Gasteiger partial charge in [0.25, 0.3) is 0 Å². The van der Waals surface area contributed by atoms with Gasteiger partial charge in [-0.3, -0.25) is 9.69 Å². The SMILES string of the molecule is CN(C)CCCN(C(=O)Cc1ccc(Cl)s1)c1nc2ccccc2s1. The molecule has 4 nitrogen and oxygen atoms in total. The fourth-order valence-corrected chi connectivity index (χ4v) is 4.63. The fourth-order valence-electron chi connectivity index (χ4n) is 2.54. The third-order valence-corrected chi connectivity index (χ3v) is 6.05. The first kappa shape index (κ1) is 18.3. The van der Waals surface area contributed by atoms with Crippen LogP contribution in [0.15, 0.2) is 36.4 Å². The number of thiazole rings is 1. The van der Waals surface area contributed by atoms with Gasteiger partial charge in [-0.25, -0.2) is 4.98 Å². The van der Waals surface area contributed by atoms with E-state index in [2.05, 4.69) is 9.88 Å². The van der Waals surface area contributed by atoms with Crippen LogP contribution in [-0.4, -0.2) is 43.0 Å². The number of fused-ring (bicyclic) bond motifs is 1. The van der Waals surface area contributed by atoms with E-state index >= 15 is 0 Å². The third kappa shape index (κ3) is 4.79. The van der Waals surface area contributed by atoms with E-state index in [-0.39, 0.29) is 5.91 Å². The van der Waals surface area contributed by atoms with Gasteiger partial charge in [0.05, 0.1) is 21.0 Å². The summed E-state index contributed by atoms with van der Waals surface area (Å²) >= 11 is 9.01. The van der Waals surface area contributed by atoms with E-state index in [0.717, 1.165) is 33.2 Å². The smallest absolute Gasteiger partial charge is 0.234 e. The second-order valence-corrected chi connectivity index (χ2v) is 8.86. The van der Waals surface area contributed by atoms with Crippen LogP contribution in [-0.2, 0) is 11.2 Å². The largest absolute Gasteiger partial charge is 0.309 e. The van der Waals surface area contributed by atoms with Gasteiger partial charge in [0.15, 0.2) is 5.13 Å². The molecule has 0 saturated heterocycles. The predicted molar refractivity (Wildman–Crippen MR) is 108 cm³/mol. The zero-order chi connectivity index (χ0) is 17.8. The van der Waals surface area contributed by atoms with Crippen LogP contribution in [0.1, 0.15) is 11.3 Å². The molecule has 25 heavy (non-hydrogen) atoms. The minimum absolute atomic E-state index is 0.0660. The quantitative estimate of drug-likeness (QED) is 0.591. The van der Waals surface area contributed by atoms with E-state index in [9.17, 15) is 4.79 Å². The van der Waals surface area contributed by atoms with Crippen molar-refractivity contribution in [2.24, 2.45) is 0 Å². The number of rotatable bonds is 7. The van der Waals surface area contributed by atoms with Crippen molar-refractivity contribution in [2.75, 3.05) is 32.1 Å². The lowest BCUT2D eigenvalue weighted by Gasteiger charge is -2.20. The minimum Gasteiger partial charge on any atom is -0.309 e. The molecular formula is C18H20ClN3OS2. The van der Waals surface area contributed by atoms with Crippen LogP contribution >= 0.6 is 34.3 Å². The number of para-hydroxylation sites is 1. The fraction of sp³-hybridized carbons (Fsp3) is 0.333. The van der Waals surface area contributed by atoms with E-state index < -0.39 is 0 Å². The lowest BCUT2D eigenvalue weighted by molar-refractivity contribution is -0.118. The number of hydrogen-bond donors (Lipinski definition) is 0. The van der Waals surface area contributed by atoms with E-state index in [0.29, 0.717) is 17.3 Å². The highest BCUT2D eigenvalue weighted by Gasteiger charge is 2.20. The summed E-state index contributed by atoms with van der Waals surface area (Å²) in [5.74, 6) is 0.0660. The Bertz CT molecular complexity index is 826. The molecule has 0 atom stereocenters. The highest BCUT2D eigenvalue weighted by Crippen LogP contribution is 2.30. The van der Waals surface area contributed by atoms with E-state index in [1.54, 1.807) is 11.3 Å². The molecule has 3 rings (SSSR count). The molecule has 2 aromatic heterocycles. The Kier molecular flexibility index (Phi) is 6.06. The number of aromatic nitrogens is 1. The maximum Gasteiger partial charge on any atom is 0.234 e. The summed E-state index contributed by atoms with van der Waals surface area (Å²) in [7, 11) is 4.08. The summed E-state index contributed by atoms with van der Waals surface area (Å²) in [6, 6.07) is 11.7. The number of hydrogen-bond acceptors (Lipinski definition) is 5. The summed E-state index contributed by atoms with van der Waals surface area (Å²) in [6.45, 7) is 1.59. The van der Waals surface area contributed by atoms with Crippen molar-refractivity contribution in [3.8, 4) is 0 Å². The Morgan fingerprint density at radius 1 is 1.12 bits per heavy atom. The van der Waals surface area contributed by atoms with Gasteiger partial charge in [0, 0.05) is 11.4 Å². The van der Waals surface area contributed by atoms with Crippen molar-refractivity contribution in [3.05, 3.63) is 45.6 Å². The molecule has 0 aliphatic carbocycles. The highest BCUT2D eigenvalue weighted by molar-refractivity contribution is 7.22. The number of carbonyl (C=O) groups is 1. The van der Waals surface area contributed by atoms with Crippen LogP contribution in [0.25, 0.3) is 10.2 Å². The molecule has 0 bridgehead atoms. The summed E-state index contributed by atoms with van der Waals surface area (Å²) in [5.41, 5.74) is 0.937. The molecule has 0 saturated carbocycles. The van der Waals surface area contributed by atoms with Gasteiger partial charge in [0.1, 0.15) is 0 Å². The normalized spacial score (nSPS) is 11.4. The van der Waals surface area contributed by atoms with Gasteiger partial charge < -0.3 is 4.90 Å². The summed E-state index contributed by atoms with van der Waals surface area (Å²) in [6.07, 6.45) is 1.26. The first-order valence-corrected chi connectivity index (χ1v) is 10.1. The summed E-state index contributed by atoms with van der Waals surface area (Å²) in [5, 5.41) is 0.771. The van der Waals surface area contributed by atoms with Crippen LogP contribution in [0.4, 0.5) is 5.13 Å². The Labute approximate surface area is 160 Å². The van der Waals surface area contributed by atoms with E-state index in [1.807, 2.05) is 55.4 Å². The number of carbonyl (C=O) groups excluding carboxylic acids is 1. The zero-order valence-corrected chi connectivity index (χ0v) is 16.6. The molecular weight excluding hydrogens is 374 g/mol. The Balaban J connectivity index is 1.81. The van der Waals surface area contributed by atoms with Gasteiger partial charge >= 0.3 is 0 Å². The molecule has 7 heteroatoms. The molecule has 0 spiro atoms. The molecule has 2 heterocycles. The average Bonchev–Trinajstić information content (AvgIpc) is 3.16. The molecule has 0 unspecified atom stereocenters. The van der Waals surface area contributed by atoms with E-state index in [1.165, 1.54) is 11.3 Å². The molecule has 1 aromatic carbocycles. The molecule has 0 radical (unpaired) electrons. The lowest BCUT2D eigenvalue weighted by Crippen LogP contribution is -2.34. The standard InChI is InChI=1S/C18H20ClN3OS2/c1-21(2)10-5-11-22(17(23)12-13-8-9-16(19)24-13)18-20-14-6-3-4-7-15(14)25-18/h3-4,6-9H,5,10-12H2,1-2H3. The number of amides is 1. The first-order chi connectivity index (χ1) is 12.0. The number of benzene rings is 1. The first-order valence-electron chi connectivity index (χ1n) is 8.08. The van der Waals surface area contributed by atoms with Gasteiger partial charge in [0.2, 0.25) is 5.91 Å². The number of nitrogens with zero attached hydrogens (tertiary/aromatic N) is 3. The maximum atomic E-state index is 12.9. The molecule has 0 aliphatic heterocycles. The molecule has 132 valence electrons. The second kappa shape index (κ2) is 8.27. The highest BCUT2D eigenvalue weighted by atomic mass is 35.5. The van der Waals surface area contributed by atoms with E-state index in [4.69, 9.17) is 11.6 Å². The number of halogens is 1. The van der Waals surface area contributed by atoms with Crippen molar-refractivity contribution in [2.45, 2.75) is 12.8 Å².